The van der Waals surface area contributed by atoms with Crippen molar-refractivity contribution in [2.24, 2.45) is 5.41 Å². The van der Waals surface area contributed by atoms with Crippen LogP contribution in [0.15, 0.2) is 30.3 Å². The van der Waals surface area contributed by atoms with E-state index in [2.05, 4.69) is 5.32 Å². The number of likely N-dealkylation sites (tertiary alicyclic amines) is 1. The van der Waals surface area contributed by atoms with Gasteiger partial charge in [-0.05, 0) is 31.4 Å². The Hall–Kier alpha value is -2.04. The van der Waals surface area contributed by atoms with E-state index in [0.717, 1.165) is 19.3 Å². The lowest BCUT2D eigenvalue weighted by Crippen LogP contribution is -2.46. The van der Waals surface area contributed by atoms with E-state index in [0.29, 0.717) is 18.8 Å². The average molecular weight is 318 g/mol. The number of hydrogen-bond donors (Lipinski definition) is 1. The van der Waals surface area contributed by atoms with Crippen molar-refractivity contribution < 1.29 is 14.3 Å². The van der Waals surface area contributed by atoms with Crippen LogP contribution in [0.1, 0.15) is 40.0 Å². The molecule has 126 valence electrons. The normalized spacial score (nSPS) is 16.6. The fourth-order valence-corrected chi connectivity index (χ4v) is 2.60. The number of ether oxygens (including phenoxy) is 1. The van der Waals surface area contributed by atoms with Crippen molar-refractivity contribution in [2.75, 3.05) is 18.4 Å². The van der Waals surface area contributed by atoms with Crippen molar-refractivity contribution >= 4 is 17.7 Å². The Balaban J connectivity index is 2.04. The van der Waals surface area contributed by atoms with Crippen LogP contribution in [0.5, 0.6) is 0 Å². The van der Waals surface area contributed by atoms with Crippen LogP contribution in [-0.4, -0.2) is 36.1 Å². The van der Waals surface area contributed by atoms with Crippen LogP contribution >= 0.6 is 0 Å². The smallest absolute Gasteiger partial charge is 0.410 e. The predicted octanol–water partition coefficient (Wildman–Crippen LogP) is 3.66. The molecule has 1 aromatic rings. The minimum absolute atomic E-state index is 0.297. The second kappa shape index (κ2) is 7.49. The Morgan fingerprint density at radius 3 is 2.26 bits per heavy atom. The Morgan fingerprint density at radius 1 is 1.09 bits per heavy atom. The molecule has 1 heterocycles. The van der Waals surface area contributed by atoms with Crippen LogP contribution in [0.2, 0.25) is 0 Å². The first kappa shape index (κ1) is 17.3. The summed E-state index contributed by atoms with van der Waals surface area (Å²) in [6.45, 7) is 7.09. The number of anilines is 1. The van der Waals surface area contributed by atoms with Crippen LogP contribution in [-0.2, 0) is 9.53 Å². The molecule has 5 nitrogen and oxygen atoms in total. The van der Waals surface area contributed by atoms with Crippen LogP contribution in [0.4, 0.5) is 10.5 Å². The van der Waals surface area contributed by atoms with Gasteiger partial charge in [0, 0.05) is 24.2 Å². The number of carbonyl (C=O) groups is 2. The van der Waals surface area contributed by atoms with E-state index in [4.69, 9.17) is 4.74 Å². The van der Waals surface area contributed by atoms with Gasteiger partial charge in [0.2, 0.25) is 0 Å². The zero-order valence-corrected chi connectivity index (χ0v) is 14.2. The minimum atomic E-state index is -0.836. The van der Waals surface area contributed by atoms with Crippen LogP contribution in [0, 0.1) is 5.41 Å². The summed E-state index contributed by atoms with van der Waals surface area (Å²) in [4.78, 5) is 26.6. The lowest BCUT2D eigenvalue weighted by Gasteiger charge is -2.33. The van der Waals surface area contributed by atoms with Crippen LogP contribution in [0.3, 0.4) is 0 Å². The molecule has 0 bridgehead atoms. The van der Waals surface area contributed by atoms with Gasteiger partial charge in [-0.1, -0.05) is 39.0 Å². The standard InChI is InChI=1S/C18H26N2O3/c1-18(2,3)15(16(21)19-14-10-6-4-7-11-14)23-17(22)20-12-8-5-9-13-20/h4,6-7,10-11,15H,5,8-9,12-13H2,1-3H3,(H,19,21). The largest absolute Gasteiger partial charge is 0.435 e. The summed E-state index contributed by atoms with van der Waals surface area (Å²) in [7, 11) is 0. The molecule has 1 fully saturated rings. The molecule has 1 N–H and O–H groups in total. The molecule has 1 saturated heterocycles. The Morgan fingerprint density at radius 2 is 1.70 bits per heavy atom. The fourth-order valence-electron chi connectivity index (χ4n) is 2.60. The molecule has 2 rings (SSSR count). The highest BCUT2D eigenvalue weighted by Gasteiger charge is 2.36. The SMILES string of the molecule is CC(C)(C)C(OC(=O)N1CCCCC1)C(=O)Nc1ccccc1. The number of para-hydroxylation sites is 1. The van der Waals surface area contributed by atoms with E-state index in [-0.39, 0.29) is 5.91 Å². The molecule has 1 unspecified atom stereocenters. The van der Waals surface area contributed by atoms with Crippen molar-refractivity contribution in [3.63, 3.8) is 0 Å². The zero-order valence-electron chi connectivity index (χ0n) is 14.2. The van der Waals surface area contributed by atoms with Gasteiger partial charge in [0.25, 0.3) is 5.91 Å². The molecule has 0 aromatic heterocycles. The lowest BCUT2D eigenvalue weighted by molar-refractivity contribution is -0.130. The molecule has 5 heteroatoms. The summed E-state index contributed by atoms with van der Waals surface area (Å²) >= 11 is 0. The maximum atomic E-state index is 12.6. The number of amides is 2. The number of carbonyl (C=O) groups excluding carboxylic acids is 2. The van der Waals surface area contributed by atoms with E-state index in [1.807, 2.05) is 51.1 Å². The van der Waals surface area contributed by atoms with Gasteiger partial charge in [-0.3, -0.25) is 4.79 Å². The molecule has 0 saturated carbocycles. The van der Waals surface area contributed by atoms with E-state index in [1.165, 1.54) is 0 Å². The average Bonchev–Trinajstić information content (AvgIpc) is 2.53. The van der Waals surface area contributed by atoms with Crippen molar-refractivity contribution in [2.45, 2.75) is 46.1 Å². The van der Waals surface area contributed by atoms with Crippen LogP contribution < -0.4 is 5.32 Å². The Labute approximate surface area is 138 Å². The number of nitrogens with one attached hydrogen (secondary N) is 1. The molecular weight excluding hydrogens is 292 g/mol. The van der Waals surface area contributed by atoms with Gasteiger partial charge >= 0.3 is 6.09 Å². The fraction of sp³-hybridized carbons (Fsp3) is 0.556. The maximum Gasteiger partial charge on any atom is 0.410 e. The second-order valence-electron chi connectivity index (χ2n) is 7.03. The molecule has 0 radical (unpaired) electrons. The molecule has 1 aliphatic heterocycles. The molecular formula is C18H26N2O3. The number of nitrogens with zero attached hydrogens (tertiary/aromatic N) is 1. The maximum absolute atomic E-state index is 12.6. The molecule has 0 spiro atoms. The molecule has 23 heavy (non-hydrogen) atoms. The van der Waals surface area contributed by atoms with Gasteiger partial charge in [0.1, 0.15) is 0 Å². The number of hydrogen-bond acceptors (Lipinski definition) is 3. The second-order valence-corrected chi connectivity index (χ2v) is 7.03. The molecule has 1 atom stereocenters. The number of rotatable bonds is 3. The highest BCUT2D eigenvalue weighted by atomic mass is 16.6. The van der Waals surface area contributed by atoms with Gasteiger partial charge in [0.15, 0.2) is 6.10 Å². The first-order valence-corrected chi connectivity index (χ1v) is 8.19. The summed E-state index contributed by atoms with van der Waals surface area (Å²) in [6.07, 6.45) is 1.89. The van der Waals surface area contributed by atoms with Crippen molar-refractivity contribution in [3.05, 3.63) is 30.3 Å². The summed E-state index contributed by atoms with van der Waals surface area (Å²) in [5, 5.41) is 2.82. The third-order valence-electron chi connectivity index (χ3n) is 3.90. The minimum Gasteiger partial charge on any atom is -0.435 e. The third kappa shape index (κ3) is 4.98. The van der Waals surface area contributed by atoms with E-state index < -0.39 is 17.6 Å². The predicted molar refractivity (Wildman–Crippen MR) is 90.2 cm³/mol. The van der Waals surface area contributed by atoms with Gasteiger partial charge in [-0.15, -0.1) is 0 Å². The Kier molecular flexibility index (Phi) is 5.64. The van der Waals surface area contributed by atoms with E-state index >= 15 is 0 Å². The summed E-state index contributed by atoms with van der Waals surface area (Å²) < 4.78 is 5.56. The van der Waals surface area contributed by atoms with Crippen molar-refractivity contribution in [1.29, 1.82) is 0 Å². The molecule has 1 aliphatic rings. The summed E-state index contributed by atoms with van der Waals surface area (Å²) in [5.41, 5.74) is 0.213. The summed E-state index contributed by atoms with van der Waals surface area (Å²) in [6, 6.07) is 9.20. The first-order valence-electron chi connectivity index (χ1n) is 8.19. The van der Waals surface area contributed by atoms with Gasteiger partial charge < -0.3 is 15.0 Å². The van der Waals surface area contributed by atoms with Crippen molar-refractivity contribution in [1.82, 2.24) is 4.90 Å². The Bertz CT molecular complexity index is 531. The molecule has 1 aromatic carbocycles. The van der Waals surface area contributed by atoms with Crippen LogP contribution in [0.25, 0.3) is 0 Å². The number of benzene rings is 1. The zero-order chi connectivity index (χ0) is 16.9. The first-order chi connectivity index (χ1) is 10.9. The van der Waals surface area contributed by atoms with Gasteiger partial charge in [0.05, 0.1) is 0 Å². The third-order valence-corrected chi connectivity index (χ3v) is 3.90. The number of piperidine rings is 1. The molecule has 0 aliphatic carbocycles. The van der Waals surface area contributed by atoms with Gasteiger partial charge in [-0.2, -0.15) is 0 Å². The summed E-state index contributed by atoms with van der Waals surface area (Å²) in [5.74, 6) is -0.297. The highest BCUT2D eigenvalue weighted by molar-refractivity contribution is 5.95. The monoisotopic (exact) mass is 318 g/mol. The quantitative estimate of drug-likeness (QED) is 0.925. The molecule has 2 amide bonds. The topological polar surface area (TPSA) is 58.6 Å². The van der Waals surface area contributed by atoms with E-state index in [1.54, 1.807) is 4.90 Å². The van der Waals surface area contributed by atoms with Crippen molar-refractivity contribution in [3.8, 4) is 0 Å². The lowest BCUT2D eigenvalue weighted by atomic mass is 9.88. The highest BCUT2D eigenvalue weighted by Crippen LogP contribution is 2.25. The van der Waals surface area contributed by atoms with E-state index in [9.17, 15) is 9.59 Å². The van der Waals surface area contributed by atoms with Gasteiger partial charge in [-0.25, -0.2) is 4.79 Å².